The van der Waals surface area contributed by atoms with Crippen molar-refractivity contribution in [3.63, 3.8) is 0 Å². The SMILES string of the molecule is Cc1cc(C(C)Nc2ncc(C(=O)O)cc2Cl)c(C)s1. The minimum absolute atomic E-state index is 0.0561. The van der Waals surface area contributed by atoms with Crippen molar-refractivity contribution in [2.75, 3.05) is 5.32 Å². The average Bonchev–Trinajstić information content (AvgIpc) is 2.70. The summed E-state index contributed by atoms with van der Waals surface area (Å²) in [5.74, 6) is -0.546. The van der Waals surface area contributed by atoms with Crippen molar-refractivity contribution in [1.29, 1.82) is 0 Å². The lowest BCUT2D eigenvalue weighted by molar-refractivity contribution is 0.0696. The number of carboxylic acids is 1. The summed E-state index contributed by atoms with van der Waals surface area (Å²) in [5, 5.41) is 12.4. The summed E-state index contributed by atoms with van der Waals surface area (Å²) >= 11 is 7.81. The Bertz CT molecular complexity index is 655. The maximum absolute atomic E-state index is 10.8. The van der Waals surface area contributed by atoms with Crippen molar-refractivity contribution < 1.29 is 9.90 Å². The molecule has 0 fully saturated rings. The average molecular weight is 311 g/mol. The number of anilines is 1. The van der Waals surface area contributed by atoms with Crippen molar-refractivity contribution >= 4 is 34.7 Å². The van der Waals surface area contributed by atoms with Gasteiger partial charge in [-0.1, -0.05) is 11.6 Å². The number of hydrogen-bond donors (Lipinski definition) is 2. The Morgan fingerprint density at radius 2 is 2.15 bits per heavy atom. The molecule has 20 heavy (non-hydrogen) atoms. The number of aryl methyl sites for hydroxylation is 2. The van der Waals surface area contributed by atoms with E-state index in [0.717, 1.165) is 0 Å². The molecule has 2 aromatic rings. The third kappa shape index (κ3) is 3.11. The van der Waals surface area contributed by atoms with Gasteiger partial charge in [-0.05, 0) is 38.5 Å². The molecule has 2 heterocycles. The van der Waals surface area contributed by atoms with E-state index < -0.39 is 5.97 Å². The fourth-order valence-corrected chi connectivity index (χ4v) is 3.27. The number of carboxylic acid groups (broad SMARTS) is 1. The van der Waals surface area contributed by atoms with Crippen LogP contribution in [0.5, 0.6) is 0 Å². The van der Waals surface area contributed by atoms with Crippen LogP contribution >= 0.6 is 22.9 Å². The molecule has 0 aliphatic carbocycles. The molecule has 106 valence electrons. The van der Waals surface area contributed by atoms with Crippen LogP contribution in [0.1, 0.15) is 38.6 Å². The number of nitrogens with zero attached hydrogens (tertiary/aromatic N) is 1. The smallest absolute Gasteiger partial charge is 0.337 e. The first kappa shape index (κ1) is 14.8. The number of nitrogens with one attached hydrogen (secondary N) is 1. The Morgan fingerprint density at radius 1 is 1.45 bits per heavy atom. The van der Waals surface area contributed by atoms with Gasteiger partial charge in [0.05, 0.1) is 16.6 Å². The fraction of sp³-hybridized carbons (Fsp3) is 0.286. The summed E-state index contributed by atoms with van der Waals surface area (Å²) in [6.45, 7) is 6.17. The highest BCUT2D eigenvalue weighted by molar-refractivity contribution is 7.12. The van der Waals surface area contributed by atoms with Crippen LogP contribution in [0, 0.1) is 13.8 Å². The number of aromatic nitrogens is 1. The van der Waals surface area contributed by atoms with Crippen LogP contribution in [0.15, 0.2) is 18.3 Å². The molecule has 0 aromatic carbocycles. The molecule has 0 amide bonds. The molecule has 0 radical (unpaired) electrons. The number of halogens is 1. The fourth-order valence-electron chi connectivity index (χ4n) is 2.02. The van der Waals surface area contributed by atoms with Crippen molar-refractivity contribution in [1.82, 2.24) is 4.98 Å². The van der Waals surface area contributed by atoms with Gasteiger partial charge in [0.25, 0.3) is 0 Å². The Labute approximate surface area is 126 Å². The number of rotatable bonds is 4. The normalized spacial score (nSPS) is 12.2. The second-order valence-electron chi connectivity index (χ2n) is 4.59. The van der Waals surface area contributed by atoms with Crippen LogP contribution in [-0.2, 0) is 0 Å². The maximum Gasteiger partial charge on any atom is 0.337 e. The first-order valence-electron chi connectivity index (χ1n) is 6.10. The lowest BCUT2D eigenvalue weighted by atomic mass is 10.1. The molecule has 0 saturated heterocycles. The van der Waals surface area contributed by atoms with Gasteiger partial charge in [0.2, 0.25) is 0 Å². The molecule has 0 spiro atoms. The van der Waals surface area contributed by atoms with E-state index in [-0.39, 0.29) is 11.6 Å². The van der Waals surface area contributed by atoms with Gasteiger partial charge in [-0.15, -0.1) is 11.3 Å². The predicted molar refractivity (Wildman–Crippen MR) is 82.0 cm³/mol. The summed E-state index contributed by atoms with van der Waals surface area (Å²) in [6.07, 6.45) is 1.30. The molecular weight excluding hydrogens is 296 g/mol. The highest BCUT2D eigenvalue weighted by atomic mass is 35.5. The summed E-state index contributed by atoms with van der Waals surface area (Å²) in [7, 11) is 0. The van der Waals surface area contributed by atoms with Gasteiger partial charge in [0.1, 0.15) is 5.82 Å². The van der Waals surface area contributed by atoms with Crippen molar-refractivity contribution in [3.8, 4) is 0 Å². The minimum atomic E-state index is -1.04. The van der Waals surface area contributed by atoms with E-state index >= 15 is 0 Å². The van der Waals surface area contributed by atoms with Gasteiger partial charge < -0.3 is 10.4 Å². The molecule has 0 bridgehead atoms. The lowest BCUT2D eigenvalue weighted by Gasteiger charge is -2.15. The first-order valence-corrected chi connectivity index (χ1v) is 7.30. The highest BCUT2D eigenvalue weighted by Gasteiger charge is 2.14. The van der Waals surface area contributed by atoms with E-state index in [1.54, 1.807) is 11.3 Å². The molecule has 0 aliphatic heterocycles. The quantitative estimate of drug-likeness (QED) is 0.884. The number of pyridine rings is 1. The third-order valence-corrected chi connectivity index (χ3v) is 4.26. The Kier molecular flexibility index (Phi) is 4.30. The van der Waals surface area contributed by atoms with Crippen molar-refractivity contribution in [2.24, 2.45) is 0 Å². The van der Waals surface area contributed by atoms with E-state index in [9.17, 15) is 4.79 Å². The zero-order valence-corrected chi connectivity index (χ0v) is 13.0. The standard InChI is InChI=1S/C14H15ClN2O2S/c1-7-4-11(9(3)20-7)8(2)17-13-12(15)5-10(6-16-13)14(18)19/h4-6,8H,1-3H3,(H,16,17)(H,18,19). The zero-order chi connectivity index (χ0) is 14.9. The van der Waals surface area contributed by atoms with Crippen LogP contribution in [0.2, 0.25) is 5.02 Å². The van der Waals surface area contributed by atoms with Crippen LogP contribution < -0.4 is 5.32 Å². The van der Waals surface area contributed by atoms with Gasteiger partial charge in [-0.3, -0.25) is 0 Å². The molecule has 2 N–H and O–H groups in total. The van der Waals surface area contributed by atoms with Crippen LogP contribution in [0.25, 0.3) is 0 Å². The van der Waals surface area contributed by atoms with E-state index in [2.05, 4.69) is 30.2 Å². The molecule has 2 aromatic heterocycles. The first-order chi connectivity index (χ1) is 9.38. The largest absolute Gasteiger partial charge is 0.478 e. The van der Waals surface area contributed by atoms with E-state index in [0.29, 0.717) is 10.8 Å². The molecule has 0 aliphatic rings. The minimum Gasteiger partial charge on any atom is -0.478 e. The van der Waals surface area contributed by atoms with Crippen LogP contribution in [0.4, 0.5) is 5.82 Å². The van der Waals surface area contributed by atoms with Gasteiger partial charge in [0.15, 0.2) is 0 Å². The molecule has 2 rings (SSSR count). The second-order valence-corrected chi connectivity index (χ2v) is 6.46. The van der Waals surface area contributed by atoms with Gasteiger partial charge >= 0.3 is 5.97 Å². The Hall–Kier alpha value is -1.59. The molecule has 6 heteroatoms. The third-order valence-electron chi connectivity index (χ3n) is 2.99. The van der Waals surface area contributed by atoms with Gasteiger partial charge in [-0.2, -0.15) is 0 Å². The topological polar surface area (TPSA) is 62.2 Å². The predicted octanol–water partition coefficient (Wildman–Crippen LogP) is 4.28. The summed E-state index contributed by atoms with van der Waals surface area (Å²) in [5.41, 5.74) is 1.28. The zero-order valence-electron chi connectivity index (χ0n) is 11.4. The molecular formula is C14H15ClN2O2S. The van der Waals surface area contributed by atoms with Crippen molar-refractivity contribution in [3.05, 3.63) is 44.2 Å². The lowest BCUT2D eigenvalue weighted by Crippen LogP contribution is -2.09. The Balaban J connectivity index is 2.22. The molecule has 1 atom stereocenters. The summed E-state index contributed by atoms with van der Waals surface area (Å²) < 4.78 is 0. The van der Waals surface area contributed by atoms with Gasteiger partial charge in [-0.25, -0.2) is 9.78 Å². The molecule has 1 unspecified atom stereocenters. The number of aromatic carboxylic acids is 1. The Morgan fingerprint density at radius 3 is 2.65 bits per heavy atom. The second kappa shape index (κ2) is 5.81. The van der Waals surface area contributed by atoms with E-state index in [1.807, 2.05) is 6.92 Å². The number of carbonyl (C=O) groups is 1. The molecule has 0 saturated carbocycles. The van der Waals surface area contributed by atoms with Crippen LogP contribution in [-0.4, -0.2) is 16.1 Å². The van der Waals surface area contributed by atoms with Gasteiger partial charge in [0, 0.05) is 16.0 Å². The maximum atomic E-state index is 10.8. The molecule has 4 nitrogen and oxygen atoms in total. The summed E-state index contributed by atoms with van der Waals surface area (Å²) in [6, 6.07) is 3.59. The van der Waals surface area contributed by atoms with Crippen molar-refractivity contribution in [2.45, 2.75) is 26.8 Å². The summed E-state index contributed by atoms with van der Waals surface area (Å²) in [4.78, 5) is 17.4. The van der Waals surface area contributed by atoms with E-state index in [4.69, 9.17) is 16.7 Å². The number of hydrogen-bond acceptors (Lipinski definition) is 4. The van der Waals surface area contributed by atoms with E-state index in [1.165, 1.54) is 27.6 Å². The monoisotopic (exact) mass is 310 g/mol. The highest BCUT2D eigenvalue weighted by Crippen LogP contribution is 2.30. The van der Waals surface area contributed by atoms with Crippen LogP contribution in [0.3, 0.4) is 0 Å². The number of thiophene rings is 1.